The molecule has 13 heteroatoms. The molecular formula is C38H45N5O7S. The lowest BCUT2D eigenvalue weighted by molar-refractivity contribution is -0.141. The normalized spacial score (nSPS) is 30.9. The topological polar surface area (TPSA) is 170 Å². The van der Waals surface area contributed by atoms with Gasteiger partial charge in [-0.3, -0.25) is 19.1 Å². The molecule has 6 atom stereocenters. The van der Waals surface area contributed by atoms with E-state index in [2.05, 4.69) is 10.0 Å². The summed E-state index contributed by atoms with van der Waals surface area (Å²) >= 11 is 0. The molecule has 2 aliphatic heterocycles. The standard InChI is InChI=1S/C38H45N5O7S/c1-49-26-13-16-29-31(17-26)40-30(23-9-5-4-6-10-23)19-33(29)50-27-18-32-34(44)41-38(35(45)42-51(47,48)28-14-15-28)21-25(38)12-8-3-2-7-11-24-20-37(24,39)36(46)43(32)22-27/h4-6,9-10,13,16-17,19,24-25,27-28,32H,2-3,7-8,11-12,14-15,18,20-22,39H2,1H3,(H,41,44)(H,42,45)/t24-,25?,27-,32+,37?,38-/m1/s1. The Morgan fingerprint density at radius 2 is 1.73 bits per heavy atom. The molecule has 3 heterocycles. The first kappa shape index (κ1) is 33.9. The van der Waals surface area contributed by atoms with Crippen LogP contribution in [0.4, 0.5) is 0 Å². The third-order valence-corrected chi connectivity index (χ3v) is 13.4. The Morgan fingerprint density at radius 3 is 2.45 bits per heavy atom. The van der Waals surface area contributed by atoms with Crippen LogP contribution in [0.3, 0.4) is 0 Å². The minimum atomic E-state index is -3.82. The second-order valence-corrected chi connectivity index (χ2v) is 17.1. The molecule has 5 aliphatic rings. The molecule has 8 rings (SSSR count). The molecule has 270 valence electrons. The van der Waals surface area contributed by atoms with Gasteiger partial charge in [0.15, 0.2) is 0 Å². The Labute approximate surface area is 297 Å². The predicted octanol–water partition coefficient (Wildman–Crippen LogP) is 3.81. The van der Waals surface area contributed by atoms with Crippen molar-refractivity contribution in [2.75, 3.05) is 13.7 Å². The molecular weight excluding hydrogens is 671 g/mol. The smallest absolute Gasteiger partial charge is 0.259 e. The Kier molecular flexibility index (Phi) is 8.48. The summed E-state index contributed by atoms with van der Waals surface area (Å²) in [6.07, 6.45) is 6.83. The fraction of sp³-hybridized carbons (Fsp3) is 0.526. The summed E-state index contributed by atoms with van der Waals surface area (Å²) in [5, 5.41) is 3.16. The van der Waals surface area contributed by atoms with Crippen molar-refractivity contribution in [3.8, 4) is 22.8 Å². The Balaban J connectivity index is 1.11. The highest BCUT2D eigenvalue weighted by atomic mass is 32.2. The zero-order chi connectivity index (χ0) is 35.5. The largest absolute Gasteiger partial charge is 0.497 e. The Hall–Kier alpha value is -4.23. The van der Waals surface area contributed by atoms with Crippen LogP contribution in [0.5, 0.6) is 11.5 Å². The van der Waals surface area contributed by atoms with Gasteiger partial charge in [-0.05, 0) is 62.5 Å². The number of nitrogens with zero attached hydrogens (tertiary/aromatic N) is 2. The van der Waals surface area contributed by atoms with Crippen molar-refractivity contribution in [3.05, 3.63) is 54.6 Å². The number of aromatic nitrogens is 1. The summed E-state index contributed by atoms with van der Waals surface area (Å²) in [5.74, 6) is -0.420. The molecule has 2 unspecified atom stereocenters. The summed E-state index contributed by atoms with van der Waals surface area (Å²) < 4.78 is 40.1. The fourth-order valence-electron chi connectivity index (χ4n) is 8.22. The molecule has 4 N–H and O–H groups in total. The number of fused-ring (bicyclic) bond motifs is 4. The molecule has 5 fully saturated rings. The number of methoxy groups -OCH3 is 1. The maximum atomic E-state index is 14.3. The van der Waals surface area contributed by atoms with E-state index < -0.39 is 50.3 Å². The van der Waals surface area contributed by atoms with Gasteiger partial charge in [0.05, 0.1) is 35.7 Å². The molecule has 0 spiro atoms. The number of sulfonamides is 1. The van der Waals surface area contributed by atoms with Gasteiger partial charge in [0.25, 0.3) is 5.91 Å². The summed E-state index contributed by atoms with van der Waals surface area (Å²) in [6.45, 7) is 0.127. The fourth-order valence-corrected chi connectivity index (χ4v) is 9.58. The quantitative estimate of drug-likeness (QED) is 0.329. The number of nitrogens with two attached hydrogens (primary N) is 1. The van der Waals surface area contributed by atoms with E-state index >= 15 is 0 Å². The van der Waals surface area contributed by atoms with Crippen molar-refractivity contribution < 1.29 is 32.3 Å². The molecule has 3 saturated carbocycles. The minimum absolute atomic E-state index is 0.0458. The average molecular weight is 716 g/mol. The lowest BCUT2D eigenvalue weighted by Gasteiger charge is -2.29. The molecule has 51 heavy (non-hydrogen) atoms. The van der Waals surface area contributed by atoms with Crippen LogP contribution in [0.25, 0.3) is 22.2 Å². The predicted molar refractivity (Wildman–Crippen MR) is 190 cm³/mol. The molecule has 3 aliphatic carbocycles. The monoisotopic (exact) mass is 715 g/mol. The van der Waals surface area contributed by atoms with Gasteiger partial charge in [-0.1, -0.05) is 56.0 Å². The number of hydrogen-bond acceptors (Lipinski definition) is 9. The molecule has 0 radical (unpaired) electrons. The van der Waals surface area contributed by atoms with E-state index in [1.165, 1.54) is 4.90 Å². The van der Waals surface area contributed by atoms with Crippen molar-refractivity contribution >= 4 is 38.6 Å². The van der Waals surface area contributed by atoms with Crippen LogP contribution in [-0.2, 0) is 24.4 Å². The molecule has 0 bridgehead atoms. The number of benzene rings is 2. The van der Waals surface area contributed by atoms with Crippen molar-refractivity contribution in [1.29, 1.82) is 0 Å². The van der Waals surface area contributed by atoms with Crippen molar-refractivity contribution in [2.24, 2.45) is 17.6 Å². The van der Waals surface area contributed by atoms with E-state index in [1.807, 2.05) is 54.6 Å². The second-order valence-electron chi connectivity index (χ2n) is 15.2. The Bertz CT molecular complexity index is 1990. The van der Waals surface area contributed by atoms with Gasteiger partial charge in [-0.2, -0.15) is 0 Å². The maximum Gasteiger partial charge on any atom is 0.259 e. The van der Waals surface area contributed by atoms with Crippen LogP contribution < -0.4 is 25.2 Å². The van der Waals surface area contributed by atoms with Gasteiger partial charge >= 0.3 is 0 Å². The molecule has 2 aromatic carbocycles. The third-order valence-electron chi connectivity index (χ3n) is 11.6. The van der Waals surface area contributed by atoms with Crippen LogP contribution in [0.2, 0.25) is 0 Å². The SMILES string of the molecule is COc1ccc2c(O[C@@H]3C[C@H]4C(=O)N[C@]5(C(=O)NS(=O)(=O)C6CC6)CC5CCCCCC[C@@H]5CC5(N)C(=O)N4C3)cc(-c3ccccc3)nc2c1. The van der Waals surface area contributed by atoms with Gasteiger partial charge in [-0.15, -0.1) is 0 Å². The zero-order valence-electron chi connectivity index (χ0n) is 28.8. The van der Waals surface area contributed by atoms with Crippen molar-refractivity contribution in [3.63, 3.8) is 0 Å². The lowest BCUT2D eigenvalue weighted by Crippen LogP contribution is -2.58. The van der Waals surface area contributed by atoms with Crippen molar-refractivity contribution in [2.45, 2.75) is 99.1 Å². The number of carbonyl (C=O) groups is 3. The van der Waals surface area contributed by atoms with E-state index in [1.54, 1.807) is 7.11 Å². The highest BCUT2D eigenvalue weighted by Crippen LogP contribution is 2.50. The molecule has 3 aromatic rings. The summed E-state index contributed by atoms with van der Waals surface area (Å²) in [4.78, 5) is 48.7. The molecule has 12 nitrogen and oxygen atoms in total. The number of pyridine rings is 1. The zero-order valence-corrected chi connectivity index (χ0v) is 29.6. The van der Waals surface area contributed by atoms with Gasteiger partial charge in [0, 0.05) is 29.5 Å². The van der Waals surface area contributed by atoms with Gasteiger partial charge in [-0.25, -0.2) is 13.4 Å². The first-order chi connectivity index (χ1) is 24.5. The van der Waals surface area contributed by atoms with Gasteiger partial charge in [0.1, 0.15) is 29.2 Å². The summed E-state index contributed by atoms with van der Waals surface area (Å²) in [5.41, 5.74) is 6.63. The first-order valence-corrected chi connectivity index (χ1v) is 19.7. The highest BCUT2D eigenvalue weighted by molar-refractivity contribution is 7.91. The van der Waals surface area contributed by atoms with Crippen LogP contribution in [0.1, 0.15) is 70.6 Å². The molecule has 1 aromatic heterocycles. The first-order valence-electron chi connectivity index (χ1n) is 18.2. The number of carbonyl (C=O) groups excluding carboxylic acids is 3. The third kappa shape index (κ3) is 6.43. The van der Waals surface area contributed by atoms with Crippen LogP contribution >= 0.6 is 0 Å². The average Bonchev–Trinajstić information content (AvgIpc) is 4.07. The summed E-state index contributed by atoms with van der Waals surface area (Å²) in [6, 6.07) is 16.2. The van der Waals surface area contributed by atoms with Crippen LogP contribution in [-0.4, -0.2) is 78.2 Å². The van der Waals surface area contributed by atoms with Crippen molar-refractivity contribution in [1.82, 2.24) is 19.9 Å². The van der Waals surface area contributed by atoms with Gasteiger partial charge in [0.2, 0.25) is 21.8 Å². The second kappa shape index (κ2) is 12.8. The number of rotatable bonds is 7. The van der Waals surface area contributed by atoms with E-state index in [-0.39, 0.29) is 30.7 Å². The lowest BCUT2D eigenvalue weighted by atomic mass is 10.0. The number of hydrogen-bond donors (Lipinski definition) is 3. The van der Waals surface area contributed by atoms with E-state index in [0.29, 0.717) is 54.8 Å². The number of amides is 3. The van der Waals surface area contributed by atoms with E-state index in [9.17, 15) is 22.8 Å². The highest BCUT2D eigenvalue weighted by Gasteiger charge is 2.64. The number of nitrogens with one attached hydrogen (secondary N) is 2. The van der Waals surface area contributed by atoms with Crippen LogP contribution in [0.15, 0.2) is 54.6 Å². The van der Waals surface area contributed by atoms with Gasteiger partial charge < -0.3 is 25.4 Å². The van der Waals surface area contributed by atoms with E-state index in [4.69, 9.17) is 20.2 Å². The maximum absolute atomic E-state index is 14.3. The molecule has 3 amide bonds. The van der Waals surface area contributed by atoms with Crippen LogP contribution in [0, 0.1) is 11.8 Å². The van der Waals surface area contributed by atoms with E-state index in [0.717, 1.165) is 43.1 Å². The molecule has 2 saturated heterocycles. The summed E-state index contributed by atoms with van der Waals surface area (Å²) in [7, 11) is -2.22. The minimum Gasteiger partial charge on any atom is -0.497 e. The number of ether oxygens (including phenoxy) is 2. The Morgan fingerprint density at radius 1 is 0.980 bits per heavy atom.